The lowest BCUT2D eigenvalue weighted by atomic mass is 9.99. The standard InChI is InChI=1S/C18H20ClN3O4/c1-11-9-15(21-26-11)16-5-3-4-8-22(16)18(24)20-14-7-6-12(10-13(14)19)17(23)25-2/h6-7,9-10,16H,3-5,8H2,1-2H3,(H,20,24). The van der Waals surface area contributed by atoms with E-state index in [0.29, 0.717) is 23.6 Å². The minimum atomic E-state index is -0.484. The molecule has 1 atom stereocenters. The van der Waals surface area contributed by atoms with Gasteiger partial charge in [0, 0.05) is 12.6 Å². The summed E-state index contributed by atoms with van der Waals surface area (Å²) in [6.45, 7) is 2.45. The molecule has 1 fully saturated rings. The molecule has 0 spiro atoms. The highest BCUT2D eigenvalue weighted by Gasteiger charge is 2.30. The van der Waals surface area contributed by atoms with Crippen LogP contribution in [0.4, 0.5) is 10.5 Å². The average molecular weight is 378 g/mol. The quantitative estimate of drug-likeness (QED) is 0.811. The molecule has 1 aliphatic rings. The van der Waals surface area contributed by atoms with Crippen molar-refractivity contribution in [2.45, 2.75) is 32.2 Å². The van der Waals surface area contributed by atoms with Crippen molar-refractivity contribution in [3.8, 4) is 0 Å². The van der Waals surface area contributed by atoms with Crippen molar-refractivity contribution in [3.63, 3.8) is 0 Å². The zero-order valence-corrected chi connectivity index (χ0v) is 15.4. The lowest BCUT2D eigenvalue weighted by Crippen LogP contribution is -2.41. The van der Waals surface area contributed by atoms with Gasteiger partial charge in [-0.05, 0) is 44.4 Å². The van der Waals surface area contributed by atoms with Gasteiger partial charge in [0.15, 0.2) is 0 Å². The summed E-state index contributed by atoms with van der Waals surface area (Å²) in [7, 11) is 1.30. The molecule has 1 unspecified atom stereocenters. The number of piperidine rings is 1. The Kier molecular flexibility index (Phi) is 5.46. The number of aromatic nitrogens is 1. The number of carbonyl (C=O) groups is 2. The van der Waals surface area contributed by atoms with Gasteiger partial charge in [0.05, 0.1) is 29.4 Å². The molecule has 1 saturated heterocycles. The van der Waals surface area contributed by atoms with Gasteiger partial charge in [-0.3, -0.25) is 0 Å². The van der Waals surface area contributed by atoms with Gasteiger partial charge in [-0.15, -0.1) is 0 Å². The van der Waals surface area contributed by atoms with E-state index in [1.807, 2.05) is 13.0 Å². The fourth-order valence-corrected chi connectivity index (χ4v) is 3.30. The number of ether oxygens (including phenoxy) is 1. The van der Waals surface area contributed by atoms with Crippen LogP contribution in [0.1, 0.15) is 47.1 Å². The van der Waals surface area contributed by atoms with Crippen molar-refractivity contribution in [1.82, 2.24) is 10.1 Å². The number of nitrogens with zero attached hydrogens (tertiary/aromatic N) is 2. The highest BCUT2D eigenvalue weighted by atomic mass is 35.5. The Morgan fingerprint density at radius 1 is 1.35 bits per heavy atom. The highest BCUT2D eigenvalue weighted by Crippen LogP contribution is 2.32. The molecule has 0 radical (unpaired) electrons. The fourth-order valence-electron chi connectivity index (χ4n) is 3.07. The second-order valence-electron chi connectivity index (χ2n) is 6.18. The Bertz CT molecular complexity index is 821. The van der Waals surface area contributed by atoms with E-state index in [4.69, 9.17) is 16.1 Å². The Labute approximate surface area is 156 Å². The van der Waals surface area contributed by atoms with E-state index in [0.717, 1.165) is 25.0 Å². The summed E-state index contributed by atoms with van der Waals surface area (Å²) < 4.78 is 9.82. The number of hydrogen-bond acceptors (Lipinski definition) is 5. The number of halogens is 1. The first-order valence-electron chi connectivity index (χ1n) is 8.38. The Balaban J connectivity index is 1.76. The van der Waals surface area contributed by atoms with Crippen LogP contribution < -0.4 is 5.32 Å². The van der Waals surface area contributed by atoms with E-state index in [9.17, 15) is 9.59 Å². The Hall–Kier alpha value is -2.54. The van der Waals surface area contributed by atoms with E-state index >= 15 is 0 Å². The number of rotatable bonds is 3. The van der Waals surface area contributed by atoms with Gasteiger partial charge in [0.2, 0.25) is 0 Å². The van der Waals surface area contributed by atoms with Gasteiger partial charge in [-0.2, -0.15) is 0 Å². The number of anilines is 1. The van der Waals surface area contributed by atoms with Crippen molar-refractivity contribution in [2.75, 3.05) is 19.0 Å². The molecule has 2 aromatic rings. The first kappa shape index (κ1) is 18.3. The Morgan fingerprint density at radius 3 is 2.81 bits per heavy atom. The van der Waals surface area contributed by atoms with Crippen LogP contribution in [-0.2, 0) is 4.74 Å². The number of nitrogens with one attached hydrogen (secondary N) is 1. The van der Waals surface area contributed by atoms with Gasteiger partial charge in [0.25, 0.3) is 0 Å². The lowest BCUT2D eigenvalue weighted by Gasteiger charge is -2.34. The smallest absolute Gasteiger partial charge is 0.337 e. The van der Waals surface area contributed by atoms with Crippen molar-refractivity contribution in [1.29, 1.82) is 0 Å². The van der Waals surface area contributed by atoms with Crippen LogP contribution in [0.5, 0.6) is 0 Å². The third-order valence-electron chi connectivity index (χ3n) is 4.38. The number of carbonyl (C=O) groups excluding carboxylic acids is 2. The predicted molar refractivity (Wildman–Crippen MR) is 96.3 cm³/mol. The zero-order valence-electron chi connectivity index (χ0n) is 14.6. The van der Waals surface area contributed by atoms with Gasteiger partial charge < -0.3 is 19.5 Å². The minimum Gasteiger partial charge on any atom is -0.465 e. The van der Waals surface area contributed by atoms with Crippen LogP contribution >= 0.6 is 11.6 Å². The van der Waals surface area contributed by atoms with Crippen molar-refractivity contribution >= 4 is 29.3 Å². The maximum Gasteiger partial charge on any atom is 0.337 e. The van der Waals surface area contributed by atoms with E-state index in [2.05, 4.69) is 15.2 Å². The number of hydrogen-bond donors (Lipinski definition) is 1. The second kappa shape index (κ2) is 7.78. The molecular formula is C18H20ClN3O4. The minimum absolute atomic E-state index is 0.130. The van der Waals surface area contributed by atoms with E-state index in [1.165, 1.54) is 13.2 Å². The van der Waals surface area contributed by atoms with Gasteiger partial charge in [-0.1, -0.05) is 16.8 Å². The largest absolute Gasteiger partial charge is 0.465 e. The number of amides is 2. The van der Waals surface area contributed by atoms with Crippen molar-refractivity contribution in [3.05, 3.63) is 46.3 Å². The topological polar surface area (TPSA) is 84.7 Å². The number of aryl methyl sites for hydroxylation is 1. The Morgan fingerprint density at radius 2 is 2.15 bits per heavy atom. The molecule has 0 bridgehead atoms. The van der Waals surface area contributed by atoms with Gasteiger partial charge in [-0.25, -0.2) is 9.59 Å². The second-order valence-corrected chi connectivity index (χ2v) is 6.59. The number of urea groups is 1. The molecule has 7 nitrogen and oxygen atoms in total. The monoisotopic (exact) mass is 377 g/mol. The molecule has 0 saturated carbocycles. The van der Waals surface area contributed by atoms with Crippen LogP contribution in [-0.4, -0.2) is 35.7 Å². The number of methoxy groups -OCH3 is 1. The number of likely N-dealkylation sites (tertiary alicyclic amines) is 1. The summed E-state index contributed by atoms with van der Waals surface area (Å²) in [5, 5.41) is 7.15. The molecule has 1 aromatic heterocycles. The molecule has 0 aliphatic carbocycles. The maximum atomic E-state index is 12.8. The highest BCUT2D eigenvalue weighted by molar-refractivity contribution is 6.34. The SMILES string of the molecule is COC(=O)c1ccc(NC(=O)N2CCCCC2c2cc(C)on2)c(Cl)c1. The van der Waals surface area contributed by atoms with Crippen LogP contribution in [0.2, 0.25) is 5.02 Å². The molecule has 2 amide bonds. The first-order chi connectivity index (χ1) is 12.5. The fraction of sp³-hybridized carbons (Fsp3) is 0.389. The summed E-state index contributed by atoms with van der Waals surface area (Å²) in [6, 6.07) is 6.08. The molecule has 1 N–H and O–H groups in total. The molecule has 8 heteroatoms. The third kappa shape index (κ3) is 3.83. The average Bonchev–Trinajstić information content (AvgIpc) is 3.09. The van der Waals surface area contributed by atoms with Crippen LogP contribution in [0.3, 0.4) is 0 Å². The van der Waals surface area contributed by atoms with Crippen LogP contribution in [0.25, 0.3) is 0 Å². The van der Waals surface area contributed by atoms with Gasteiger partial charge >= 0.3 is 12.0 Å². The number of benzene rings is 1. The van der Waals surface area contributed by atoms with Crippen molar-refractivity contribution < 1.29 is 18.8 Å². The summed E-state index contributed by atoms with van der Waals surface area (Å²) in [6.07, 6.45) is 2.78. The molecule has 1 aliphatic heterocycles. The lowest BCUT2D eigenvalue weighted by molar-refractivity contribution is 0.0600. The molecule has 1 aromatic carbocycles. The number of esters is 1. The molecule has 26 heavy (non-hydrogen) atoms. The van der Waals surface area contributed by atoms with Crippen molar-refractivity contribution in [2.24, 2.45) is 0 Å². The van der Waals surface area contributed by atoms with E-state index in [1.54, 1.807) is 17.0 Å². The summed E-state index contributed by atoms with van der Waals surface area (Å²) in [4.78, 5) is 26.1. The molecular weight excluding hydrogens is 358 g/mol. The summed E-state index contributed by atoms with van der Waals surface area (Å²) in [5.74, 6) is 0.231. The molecule has 2 heterocycles. The zero-order chi connectivity index (χ0) is 18.7. The summed E-state index contributed by atoms with van der Waals surface area (Å²) >= 11 is 6.20. The van der Waals surface area contributed by atoms with E-state index < -0.39 is 5.97 Å². The first-order valence-corrected chi connectivity index (χ1v) is 8.76. The normalized spacial score (nSPS) is 17.0. The third-order valence-corrected chi connectivity index (χ3v) is 4.70. The summed E-state index contributed by atoms with van der Waals surface area (Å²) in [5.41, 5.74) is 1.51. The predicted octanol–water partition coefficient (Wildman–Crippen LogP) is 4.18. The van der Waals surface area contributed by atoms with E-state index in [-0.39, 0.29) is 17.1 Å². The van der Waals surface area contributed by atoms with Gasteiger partial charge in [0.1, 0.15) is 11.5 Å². The molecule has 3 rings (SSSR count). The van der Waals surface area contributed by atoms with Crippen LogP contribution in [0, 0.1) is 6.92 Å². The maximum absolute atomic E-state index is 12.8. The molecule has 138 valence electrons. The van der Waals surface area contributed by atoms with Crippen LogP contribution in [0.15, 0.2) is 28.8 Å².